The van der Waals surface area contributed by atoms with Gasteiger partial charge in [-0.25, -0.2) is 4.98 Å². The number of hydrogen-bond acceptors (Lipinski definition) is 3. The fourth-order valence-electron chi connectivity index (χ4n) is 3.99. The molecule has 0 unspecified atom stereocenters. The topological polar surface area (TPSA) is 64.7 Å². The lowest BCUT2D eigenvalue weighted by Gasteiger charge is -2.24. The number of amides is 1. The van der Waals surface area contributed by atoms with Crippen LogP contribution in [0.25, 0.3) is 17.0 Å². The number of benzene rings is 2. The molecule has 5 rings (SSSR count). The van der Waals surface area contributed by atoms with E-state index >= 15 is 0 Å². The second kappa shape index (κ2) is 6.21. The smallest absolute Gasteiger partial charge is 0.233 e. The van der Waals surface area contributed by atoms with Crippen molar-refractivity contribution in [3.05, 3.63) is 70.4 Å². The van der Waals surface area contributed by atoms with Crippen molar-refractivity contribution in [2.75, 3.05) is 5.32 Å². The van der Waals surface area contributed by atoms with Crippen molar-refractivity contribution < 1.29 is 4.79 Å². The fraction of sp³-hybridized carbons (Fsp3) is 0.190. The van der Waals surface area contributed by atoms with Gasteiger partial charge in [0, 0.05) is 30.0 Å². The summed E-state index contributed by atoms with van der Waals surface area (Å²) in [5.74, 6) is 1.26. The van der Waals surface area contributed by atoms with Gasteiger partial charge in [0.25, 0.3) is 0 Å². The zero-order valence-electron chi connectivity index (χ0n) is 15.5. The van der Waals surface area contributed by atoms with E-state index in [0.29, 0.717) is 23.2 Å². The molecular weight excluding hydrogens is 374 g/mol. The van der Waals surface area contributed by atoms with Gasteiger partial charge in [0.2, 0.25) is 11.9 Å². The first-order valence-electron chi connectivity index (χ1n) is 9.09. The van der Waals surface area contributed by atoms with Crippen LogP contribution >= 0.6 is 11.6 Å². The van der Waals surface area contributed by atoms with Crippen LogP contribution in [0, 0.1) is 6.92 Å². The molecule has 1 aliphatic rings. The summed E-state index contributed by atoms with van der Waals surface area (Å²) in [5, 5.41) is 8.43. The maximum Gasteiger partial charge on any atom is 0.233 e. The molecule has 0 saturated carbocycles. The summed E-state index contributed by atoms with van der Waals surface area (Å²) < 4.78 is 3.73. The number of aryl methyl sites for hydroxylation is 2. The van der Waals surface area contributed by atoms with Gasteiger partial charge >= 0.3 is 0 Å². The summed E-state index contributed by atoms with van der Waals surface area (Å²) in [7, 11) is 1.95. The Bertz CT molecular complexity index is 1220. The van der Waals surface area contributed by atoms with E-state index < -0.39 is 0 Å². The van der Waals surface area contributed by atoms with Crippen molar-refractivity contribution in [1.82, 2.24) is 19.3 Å². The number of fused-ring (bicyclic) bond motifs is 2. The average Bonchev–Trinajstić information content (AvgIpc) is 3.19. The van der Waals surface area contributed by atoms with E-state index in [1.165, 1.54) is 0 Å². The Morgan fingerprint density at radius 3 is 2.64 bits per heavy atom. The van der Waals surface area contributed by atoms with E-state index in [1.54, 1.807) is 4.68 Å². The number of aromatic nitrogens is 4. The zero-order valence-corrected chi connectivity index (χ0v) is 16.2. The largest absolute Gasteiger partial charge is 0.311 e. The molecule has 7 heteroatoms. The van der Waals surface area contributed by atoms with Crippen LogP contribution < -0.4 is 5.32 Å². The maximum absolute atomic E-state index is 12.5. The quantitative estimate of drug-likeness (QED) is 0.557. The first kappa shape index (κ1) is 17.0. The van der Waals surface area contributed by atoms with Gasteiger partial charge in [-0.15, -0.1) is 0 Å². The lowest BCUT2D eigenvalue weighted by molar-refractivity contribution is -0.116. The van der Waals surface area contributed by atoms with Crippen molar-refractivity contribution in [3.8, 4) is 5.95 Å². The third kappa shape index (κ3) is 2.52. The number of carbonyl (C=O) groups is 1. The third-order valence-corrected chi connectivity index (χ3v) is 5.58. The van der Waals surface area contributed by atoms with Gasteiger partial charge < -0.3 is 9.88 Å². The molecule has 1 N–H and O–H groups in total. The van der Waals surface area contributed by atoms with E-state index in [0.717, 1.165) is 27.9 Å². The zero-order chi connectivity index (χ0) is 19.4. The lowest BCUT2D eigenvalue weighted by atomic mass is 9.86. The summed E-state index contributed by atoms with van der Waals surface area (Å²) in [6, 6.07) is 15.6. The predicted octanol–water partition coefficient (Wildman–Crippen LogP) is 4.19. The molecule has 140 valence electrons. The Morgan fingerprint density at radius 2 is 1.89 bits per heavy atom. The van der Waals surface area contributed by atoms with Crippen LogP contribution in [-0.2, 0) is 11.8 Å². The summed E-state index contributed by atoms with van der Waals surface area (Å²) >= 11 is 6.04. The number of para-hydroxylation sites is 2. The highest BCUT2D eigenvalue weighted by Gasteiger charge is 2.33. The fourth-order valence-corrected chi connectivity index (χ4v) is 4.12. The molecule has 4 aromatic rings. The predicted molar refractivity (Wildman–Crippen MR) is 109 cm³/mol. The molecule has 28 heavy (non-hydrogen) atoms. The van der Waals surface area contributed by atoms with Gasteiger partial charge in [0.15, 0.2) is 0 Å². The van der Waals surface area contributed by atoms with Crippen molar-refractivity contribution >= 4 is 34.4 Å². The number of hydrogen-bond donors (Lipinski definition) is 1. The molecule has 0 bridgehead atoms. The van der Waals surface area contributed by atoms with Gasteiger partial charge in [0.1, 0.15) is 5.82 Å². The molecule has 0 spiro atoms. The first-order valence-corrected chi connectivity index (χ1v) is 9.47. The van der Waals surface area contributed by atoms with Crippen molar-refractivity contribution in [3.63, 3.8) is 0 Å². The van der Waals surface area contributed by atoms with Crippen LogP contribution in [-0.4, -0.2) is 25.2 Å². The van der Waals surface area contributed by atoms with Crippen LogP contribution in [0.1, 0.15) is 29.2 Å². The van der Waals surface area contributed by atoms with Crippen LogP contribution in [0.15, 0.2) is 48.5 Å². The highest BCUT2D eigenvalue weighted by molar-refractivity contribution is 6.30. The molecule has 1 atom stereocenters. The number of carbonyl (C=O) groups excluding carboxylic acids is 1. The second-order valence-electron chi connectivity index (χ2n) is 7.08. The maximum atomic E-state index is 12.5. The Kier molecular flexibility index (Phi) is 3.77. The Morgan fingerprint density at radius 1 is 1.14 bits per heavy atom. The molecule has 6 nitrogen and oxygen atoms in total. The molecule has 0 saturated heterocycles. The minimum absolute atomic E-state index is 0.0348. The number of halogens is 1. The van der Waals surface area contributed by atoms with Crippen LogP contribution in [0.4, 0.5) is 5.82 Å². The summed E-state index contributed by atoms with van der Waals surface area (Å²) in [6.45, 7) is 1.97. The van der Waals surface area contributed by atoms with E-state index in [2.05, 4.69) is 5.32 Å². The highest BCUT2D eigenvalue weighted by Crippen LogP contribution is 2.40. The van der Waals surface area contributed by atoms with Crippen molar-refractivity contribution in [2.24, 2.45) is 7.05 Å². The number of imidazole rings is 1. The molecule has 1 aliphatic heterocycles. The third-order valence-electron chi connectivity index (χ3n) is 5.33. The molecule has 2 aromatic carbocycles. The van der Waals surface area contributed by atoms with Gasteiger partial charge in [-0.3, -0.25) is 4.79 Å². The molecule has 0 radical (unpaired) electrons. The lowest BCUT2D eigenvalue weighted by Crippen LogP contribution is -2.25. The van der Waals surface area contributed by atoms with Crippen LogP contribution in [0.2, 0.25) is 5.02 Å². The number of nitrogens with zero attached hydrogens (tertiary/aromatic N) is 4. The summed E-state index contributed by atoms with van der Waals surface area (Å²) in [4.78, 5) is 17.3. The second-order valence-corrected chi connectivity index (χ2v) is 7.51. The van der Waals surface area contributed by atoms with Gasteiger partial charge in [-0.1, -0.05) is 35.9 Å². The van der Waals surface area contributed by atoms with Crippen LogP contribution in [0.5, 0.6) is 0 Å². The molecular formula is C21H18ClN5O. The monoisotopic (exact) mass is 391 g/mol. The Balaban J connectivity index is 1.71. The number of anilines is 1. The summed E-state index contributed by atoms with van der Waals surface area (Å²) in [5.41, 5.74) is 4.85. The van der Waals surface area contributed by atoms with E-state index in [9.17, 15) is 4.79 Å². The van der Waals surface area contributed by atoms with E-state index in [1.807, 2.05) is 67.1 Å². The molecule has 1 amide bonds. The Hall–Kier alpha value is -3.12. The van der Waals surface area contributed by atoms with Gasteiger partial charge in [-0.05, 0) is 36.8 Å². The molecule has 3 heterocycles. The number of nitrogens with one attached hydrogen (secondary N) is 1. The SMILES string of the molecule is Cc1nn(-c2nc3ccccc3n2C)c2c1[C@H](c1ccc(Cl)cc1)CC(=O)N2. The highest BCUT2D eigenvalue weighted by atomic mass is 35.5. The molecule has 0 aliphatic carbocycles. The summed E-state index contributed by atoms with van der Waals surface area (Å²) in [6.07, 6.45) is 0.379. The van der Waals surface area contributed by atoms with E-state index in [4.69, 9.17) is 21.7 Å². The Labute approximate surface area is 166 Å². The van der Waals surface area contributed by atoms with Crippen molar-refractivity contribution in [1.29, 1.82) is 0 Å². The van der Waals surface area contributed by atoms with Gasteiger partial charge in [-0.2, -0.15) is 9.78 Å². The van der Waals surface area contributed by atoms with E-state index in [-0.39, 0.29) is 11.8 Å². The first-order chi connectivity index (χ1) is 13.5. The minimum atomic E-state index is -0.0653. The van der Waals surface area contributed by atoms with Crippen molar-refractivity contribution in [2.45, 2.75) is 19.3 Å². The van der Waals surface area contributed by atoms with Crippen LogP contribution in [0.3, 0.4) is 0 Å². The average molecular weight is 392 g/mol. The molecule has 0 fully saturated rings. The number of rotatable bonds is 2. The minimum Gasteiger partial charge on any atom is -0.311 e. The standard InChI is InChI=1S/C21H18ClN5O/c1-12-19-15(13-7-9-14(22)10-8-13)11-18(28)24-20(19)27(25-12)21-23-16-5-3-4-6-17(16)26(21)2/h3-10,15H,11H2,1-2H3,(H,24,28)/t15-/m0/s1. The molecule has 2 aromatic heterocycles. The normalized spacial score (nSPS) is 16.2. The van der Waals surface area contributed by atoms with Gasteiger partial charge in [0.05, 0.1) is 16.7 Å².